The molecule has 5 nitrogen and oxygen atoms in total. The van der Waals surface area contributed by atoms with E-state index in [1.165, 1.54) is 6.07 Å². The number of benzene rings is 2. The molecule has 0 aliphatic rings. The topological polar surface area (TPSA) is 59.6 Å². The molecule has 2 aromatic rings. The Hall–Kier alpha value is -2.60. The second-order valence-electron chi connectivity index (χ2n) is 5.81. The first-order valence-corrected chi connectivity index (χ1v) is 8.55. The average Bonchev–Trinajstić information content (AvgIpc) is 2.67. The Morgan fingerprint density at radius 2 is 1.81 bits per heavy atom. The molecule has 0 radical (unpaired) electrons. The van der Waals surface area contributed by atoms with Gasteiger partial charge in [-0.3, -0.25) is 4.79 Å². The summed E-state index contributed by atoms with van der Waals surface area (Å²) >= 11 is 0. The van der Waals surface area contributed by atoms with Crippen LogP contribution in [0.1, 0.15) is 17.5 Å². The standard InChI is InChI=1S/C20H25FN2O3/c1-25-18-8-7-15(13-19(18)26-2)14-23-20(24)10-12-22-11-9-16-5-3-4-6-17(16)21/h3-8,13,22H,9-12,14H2,1-2H3,(H,23,24). The molecule has 0 heterocycles. The van der Waals surface area contributed by atoms with Gasteiger partial charge in [0, 0.05) is 19.5 Å². The number of ether oxygens (including phenoxy) is 2. The molecule has 0 saturated heterocycles. The number of hydrogen-bond acceptors (Lipinski definition) is 4. The zero-order valence-corrected chi connectivity index (χ0v) is 15.2. The smallest absolute Gasteiger partial charge is 0.221 e. The number of halogens is 1. The van der Waals surface area contributed by atoms with E-state index in [2.05, 4.69) is 10.6 Å². The quantitative estimate of drug-likeness (QED) is 0.640. The molecule has 0 unspecified atom stereocenters. The van der Waals surface area contributed by atoms with E-state index in [0.717, 1.165) is 5.56 Å². The highest BCUT2D eigenvalue weighted by Gasteiger charge is 2.06. The monoisotopic (exact) mass is 360 g/mol. The Labute approximate surface area is 153 Å². The van der Waals surface area contributed by atoms with Crippen LogP contribution < -0.4 is 20.1 Å². The van der Waals surface area contributed by atoms with Crippen molar-refractivity contribution in [2.75, 3.05) is 27.3 Å². The first kappa shape index (κ1) is 19.7. The zero-order chi connectivity index (χ0) is 18.8. The lowest BCUT2D eigenvalue weighted by molar-refractivity contribution is -0.121. The van der Waals surface area contributed by atoms with Gasteiger partial charge in [0.25, 0.3) is 0 Å². The summed E-state index contributed by atoms with van der Waals surface area (Å²) < 4.78 is 23.9. The van der Waals surface area contributed by atoms with Crippen LogP contribution in [-0.4, -0.2) is 33.2 Å². The molecule has 0 saturated carbocycles. The van der Waals surface area contributed by atoms with Gasteiger partial charge >= 0.3 is 0 Å². The van der Waals surface area contributed by atoms with Crippen LogP contribution in [-0.2, 0) is 17.8 Å². The van der Waals surface area contributed by atoms with Crippen molar-refractivity contribution in [3.8, 4) is 11.5 Å². The third kappa shape index (κ3) is 6.04. The number of nitrogens with one attached hydrogen (secondary N) is 2. The van der Waals surface area contributed by atoms with Gasteiger partial charge in [-0.1, -0.05) is 24.3 Å². The van der Waals surface area contributed by atoms with Gasteiger partial charge in [0.2, 0.25) is 5.91 Å². The van der Waals surface area contributed by atoms with E-state index >= 15 is 0 Å². The maximum atomic E-state index is 13.5. The summed E-state index contributed by atoms with van der Waals surface area (Å²) in [5, 5.41) is 6.03. The van der Waals surface area contributed by atoms with Crippen LogP contribution in [0.5, 0.6) is 11.5 Å². The summed E-state index contributed by atoms with van der Waals surface area (Å²) in [6.07, 6.45) is 0.963. The molecule has 0 spiro atoms. The minimum absolute atomic E-state index is 0.0434. The summed E-state index contributed by atoms with van der Waals surface area (Å²) in [6, 6.07) is 12.3. The molecule has 0 aliphatic carbocycles. The molecule has 0 bridgehead atoms. The maximum absolute atomic E-state index is 13.5. The van der Waals surface area contributed by atoms with Crippen molar-refractivity contribution < 1.29 is 18.7 Å². The fourth-order valence-electron chi connectivity index (χ4n) is 2.53. The number of carbonyl (C=O) groups excluding carboxylic acids is 1. The van der Waals surface area contributed by atoms with Crippen LogP contribution in [0.3, 0.4) is 0 Å². The number of rotatable bonds is 10. The van der Waals surface area contributed by atoms with E-state index in [4.69, 9.17) is 9.47 Å². The van der Waals surface area contributed by atoms with E-state index in [0.29, 0.717) is 49.5 Å². The molecular weight excluding hydrogens is 335 g/mol. The number of hydrogen-bond donors (Lipinski definition) is 2. The molecule has 0 atom stereocenters. The third-order valence-electron chi connectivity index (χ3n) is 4.00. The Bertz CT molecular complexity index is 722. The summed E-state index contributed by atoms with van der Waals surface area (Å²) in [5.74, 6) is 1.05. The van der Waals surface area contributed by atoms with Gasteiger partial charge in [0.1, 0.15) is 5.82 Å². The molecule has 26 heavy (non-hydrogen) atoms. The average molecular weight is 360 g/mol. The number of amides is 1. The van der Waals surface area contributed by atoms with E-state index < -0.39 is 0 Å². The molecule has 140 valence electrons. The molecular formula is C20H25FN2O3. The molecule has 0 aromatic heterocycles. The predicted molar refractivity (Wildman–Crippen MR) is 99.0 cm³/mol. The molecule has 2 N–H and O–H groups in total. The van der Waals surface area contributed by atoms with Crippen molar-refractivity contribution >= 4 is 5.91 Å². The highest BCUT2D eigenvalue weighted by molar-refractivity contribution is 5.76. The van der Waals surface area contributed by atoms with Crippen molar-refractivity contribution in [1.29, 1.82) is 0 Å². The van der Waals surface area contributed by atoms with Gasteiger partial charge in [-0.15, -0.1) is 0 Å². The summed E-state index contributed by atoms with van der Waals surface area (Å²) in [5.41, 5.74) is 1.61. The van der Waals surface area contributed by atoms with Crippen LogP contribution >= 0.6 is 0 Å². The van der Waals surface area contributed by atoms with Gasteiger partial charge in [-0.05, 0) is 42.3 Å². The Morgan fingerprint density at radius 1 is 1.04 bits per heavy atom. The van der Waals surface area contributed by atoms with Gasteiger partial charge in [-0.2, -0.15) is 0 Å². The first-order valence-electron chi connectivity index (χ1n) is 8.55. The van der Waals surface area contributed by atoms with Crippen molar-refractivity contribution in [2.24, 2.45) is 0 Å². The number of methoxy groups -OCH3 is 2. The van der Waals surface area contributed by atoms with Crippen molar-refractivity contribution in [1.82, 2.24) is 10.6 Å². The highest BCUT2D eigenvalue weighted by atomic mass is 19.1. The zero-order valence-electron chi connectivity index (χ0n) is 15.2. The van der Waals surface area contributed by atoms with Crippen LogP contribution in [0.25, 0.3) is 0 Å². The van der Waals surface area contributed by atoms with Crippen molar-refractivity contribution in [3.05, 3.63) is 59.4 Å². The van der Waals surface area contributed by atoms with Crippen LogP contribution in [0.4, 0.5) is 4.39 Å². The van der Waals surface area contributed by atoms with E-state index in [1.807, 2.05) is 24.3 Å². The normalized spacial score (nSPS) is 10.4. The number of carbonyl (C=O) groups is 1. The third-order valence-corrected chi connectivity index (χ3v) is 4.00. The lowest BCUT2D eigenvalue weighted by Crippen LogP contribution is -2.28. The van der Waals surface area contributed by atoms with Gasteiger partial charge in [-0.25, -0.2) is 4.39 Å². The maximum Gasteiger partial charge on any atom is 0.221 e. The van der Waals surface area contributed by atoms with Crippen molar-refractivity contribution in [3.63, 3.8) is 0 Å². The van der Waals surface area contributed by atoms with Gasteiger partial charge in [0.15, 0.2) is 11.5 Å². The Kier molecular flexibility index (Phi) is 7.89. The fourth-order valence-corrected chi connectivity index (χ4v) is 2.53. The SMILES string of the molecule is COc1ccc(CNC(=O)CCNCCc2ccccc2F)cc1OC. The van der Waals surface area contributed by atoms with Gasteiger partial charge in [0.05, 0.1) is 14.2 Å². The van der Waals surface area contributed by atoms with Crippen LogP contribution in [0.2, 0.25) is 0 Å². The van der Waals surface area contributed by atoms with E-state index in [1.54, 1.807) is 26.4 Å². The largest absolute Gasteiger partial charge is 0.493 e. The molecule has 6 heteroatoms. The van der Waals surface area contributed by atoms with E-state index in [-0.39, 0.29) is 11.7 Å². The van der Waals surface area contributed by atoms with Gasteiger partial charge < -0.3 is 20.1 Å². The Morgan fingerprint density at radius 3 is 2.54 bits per heavy atom. The van der Waals surface area contributed by atoms with E-state index in [9.17, 15) is 9.18 Å². The molecule has 2 aromatic carbocycles. The summed E-state index contributed by atoms with van der Waals surface area (Å²) in [6.45, 7) is 1.60. The Balaban J connectivity index is 1.65. The van der Waals surface area contributed by atoms with Crippen LogP contribution in [0.15, 0.2) is 42.5 Å². The predicted octanol–water partition coefficient (Wildman–Crippen LogP) is 2.68. The lowest BCUT2D eigenvalue weighted by atomic mass is 10.1. The molecule has 1 amide bonds. The minimum atomic E-state index is -0.193. The van der Waals surface area contributed by atoms with Crippen molar-refractivity contribution in [2.45, 2.75) is 19.4 Å². The fraction of sp³-hybridized carbons (Fsp3) is 0.350. The minimum Gasteiger partial charge on any atom is -0.493 e. The summed E-state index contributed by atoms with van der Waals surface area (Å²) in [7, 11) is 3.16. The first-order chi connectivity index (χ1) is 12.6. The molecule has 0 aliphatic heterocycles. The second-order valence-corrected chi connectivity index (χ2v) is 5.81. The second kappa shape index (κ2) is 10.4. The lowest BCUT2D eigenvalue weighted by Gasteiger charge is -2.10. The highest BCUT2D eigenvalue weighted by Crippen LogP contribution is 2.27. The molecule has 2 rings (SSSR count). The summed E-state index contributed by atoms with van der Waals surface area (Å²) in [4.78, 5) is 11.9. The van der Waals surface area contributed by atoms with Crippen LogP contribution in [0, 0.1) is 5.82 Å². The molecule has 0 fully saturated rings.